The predicted molar refractivity (Wildman–Crippen MR) is 65.1 cm³/mol. The number of nitrogens with one attached hydrogen (secondary N) is 1. The fourth-order valence-corrected chi connectivity index (χ4v) is 1.85. The van der Waals surface area contributed by atoms with E-state index in [2.05, 4.69) is 5.32 Å². The molecule has 0 saturated carbocycles. The molecule has 0 bridgehead atoms. The zero-order valence-electron chi connectivity index (χ0n) is 10.5. The Bertz CT molecular complexity index is 310. The molecule has 96 valence electrons. The Morgan fingerprint density at radius 1 is 1.31 bits per heavy atom. The van der Waals surface area contributed by atoms with E-state index in [0.29, 0.717) is 19.6 Å². The lowest BCUT2D eigenvalue weighted by atomic mass is 10.3. The van der Waals surface area contributed by atoms with E-state index >= 15 is 0 Å². The van der Waals surface area contributed by atoms with E-state index in [9.17, 15) is 13.2 Å². The molecule has 0 fully saturated rings. The first-order valence-electron chi connectivity index (χ1n) is 5.51. The van der Waals surface area contributed by atoms with Crippen molar-refractivity contribution in [2.24, 2.45) is 0 Å². The molecule has 0 aliphatic carbocycles. The Morgan fingerprint density at radius 2 is 1.81 bits per heavy atom. The van der Waals surface area contributed by atoms with Gasteiger partial charge in [0.15, 0.2) is 0 Å². The van der Waals surface area contributed by atoms with Crippen LogP contribution in [-0.4, -0.2) is 56.9 Å². The maximum Gasteiger partial charge on any atom is 0.239 e. The molecule has 6 heteroatoms. The summed E-state index contributed by atoms with van der Waals surface area (Å²) in [5, 5.41) is 2.92. The molecule has 1 unspecified atom stereocenters. The summed E-state index contributed by atoms with van der Waals surface area (Å²) in [4.78, 5) is 13.5. The molecule has 0 aliphatic heterocycles. The summed E-state index contributed by atoms with van der Waals surface area (Å²) < 4.78 is 21.8. The largest absolute Gasteiger partial charge is 0.342 e. The van der Waals surface area contributed by atoms with Gasteiger partial charge in [0.05, 0.1) is 11.8 Å². The lowest BCUT2D eigenvalue weighted by Crippen LogP contribution is -2.45. The van der Waals surface area contributed by atoms with Crippen molar-refractivity contribution >= 4 is 15.7 Å². The number of hydrogen-bond donors (Lipinski definition) is 1. The smallest absolute Gasteiger partial charge is 0.239 e. The van der Waals surface area contributed by atoms with Crippen molar-refractivity contribution in [3.05, 3.63) is 0 Å². The molecule has 5 nitrogen and oxygen atoms in total. The summed E-state index contributed by atoms with van der Waals surface area (Å²) in [7, 11) is -2.96. The van der Waals surface area contributed by atoms with Gasteiger partial charge in [-0.1, -0.05) is 0 Å². The number of amides is 1. The highest BCUT2D eigenvalue weighted by molar-refractivity contribution is 7.90. The van der Waals surface area contributed by atoms with Crippen molar-refractivity contribution in [3.63, 3.8) is 0 Å². The molecule has 0 aliphatic rings. The van der Waals surface area contributed by atoms with Crippen LogP contribution in [0, 0.1) is 0 Å². The Hall–Kier alpha value is -0.620. The van der Waals surface area contributed by atoms with E-state index in [0.717, 1.165) is 0 Å². The summed E-state index contributed by atoms with van der Waals surface area (Å²) in [5.74, 6) is 0.0709. The molecular weight excluding hydrogens is 228 g/mol. The minimum atomic E-state index is -2.96. The van der Waals surface area contributed by atoms with E-state index in [1.807, 2.05) is 13.8 Å². The van der Waals surface area contributed by atoms with Crippen molar-refractivity contribution in [3.8, 4) is 0 Å². The van der Waals surface area contributed by atoms with Gasteiger partial charge in [0.2, 0.25) is 5.91 Å². The molecule has 0 radical (unpaired) electrons. The molecule has 1 amide bonds. The number of nitrogens with zero attached hydrogens (tertiary/aromatic N) is 1. The SMILES string of the molecule is CCN(CC)C(=O)C(C)NCCS(C)(=O)=O. The highest BCUT2D eigenvalue weighted by Gasteiger charge is 2.17. The molecular formula is C10H22N2O3S. The molecule has 0 rings (SSSR count). The Labute approximate surface area is 98.1 Å². The third kappa shape index (κ3) is 6.07. The van der Waals surface area contributed by atoms with Crippen LogP contribution in [0.4, 0.5) is 0 Å². The van der Waals surface area contributed by atoms with Gasteiger partial charge in [0, 0.05) is 25.9 Å². The minimum absolute atomic E-state index is 0.0125. The van der Waals surface area contributed by atoms with Crippen molar-refractivity contribution in [2.45, 2.75) is 26.8 Å². The molecule has 16 heavy (non-hydrogen) atoms. The lowest BCUT2D eigenvalue weighted by Gasteiger charge is -2.23. The second-order valence-corrected chi connectivity index (χ2v) is 6.08. The van der Waals surface area contributed by atoms with Crippen LogP contribution < -0.4 is 5.32 Å². The number of carbonyl (C=O) groups is 1. The topological polar surface area (TPSA) is 66.5 Å². The number of sulfone groups is 1. The van der Waals surface area contributed by atoms with Crippen LogP contribution in [0.5, 0.6) is 0 Å². The highest BCUT2D eigenvalue weighted by Crippen LogP contribution is 1.94. The first kappa shape index (κ1) is 15.4. The van der Waals surface area contributed by atoms with Gasteiger partial charge >= 0.3 is 0 Å². The second-order valence-electron chi connectivity index (χ2n) is 3.82. The van der Waals surface area contributed by atoms with Crippen LogP contribution in [0.25, 0.3) is 0 Å². The van der Waals surface area contributed by atoms with E-state index < -0.39 is 9.84 Å². The first-order chi connectivity index (χ1) is 7.31. The van der Waals surface area contributed by atoms with Gasteiger partial charge in [-0.2, -0.15) is 0 Å². The highest BCUT2D eigenvalue weighted by atomic mass is 32.2. The standard InChI is InChI=1S/C10H22N2O3S/c1-5-12(6-2)10(13)9(3)11-7-8-16(4,14)15/h9,11H,5-8H2,1-4H3. The Kier molecular flexibility index (Phi) is 6.59. The second kappa shape index (κ2) is 6.85. The zero-order valence-corrected chi connectivity index (χ0v) is 11.3. The van der Waals surface area contributed by atoms with Gasteiger partial charge in [-0.15, -0.1) is 0 Å². The third-order valence-corrected chi connectivity index (χ3v) is 3.31. The minimum Gasteiger partial charge on any atom is -0.342 e. The molecule has 0 aromatic rings. The van der Waals surface area contributed by atoms with Crippen LogP contribution >= 0.6 is 0 Å². The Balaban J connectivity index is 4.06. The van der Waals surface area contributed by atoms with Gasteiger partial charge in [0.25, 0.3) is 0 Å². The van der Waals surface area contributed by atoms with Crippen molar-refractivity contribution < 1.29 is 13.2 Å². The average molecular weight is 250 g/mol. The summed E-state index contributed by atoms with van der Waals surface area (Å²) in [6.07, 6.45) is 1.19. The maximum atomic E-state index is 11.8. The molecule has 1 atom stereocenters. The summed E-state index contributed by atoms with van der Waals surface area (Å²) >= 11 is 0. The van der Waals surface area contributed by atoms with E-state index in [-0.39, 0.29) is 17.7 Å². The lowest BCUT2D eigenvalue weighted by molar-refractivity contribution is -0.132. The molecule has 0 spiro atoms. The van der Waals surface area contributed by atoms with Crippen LogP contribution in [0.2, 0.25) is 0 Å². The van der Waals surface area contributed by atoms with Gasteiger partial charge in [-0.25, -0.2) is 8.42 Å². The first-order valence-corrected chi connectivity index (χ1v) is 7.57. The molecule has 0 saturated heterocycles. The number of hydrogen-bond acceptors (Lipinski definition) is 4. The Morgan fingerprint density at radius 3 is 2.19 bits per heavy atom. The van der Waals surface area contributed by atoms with Crippen molar-refractivity contribution in [2.75, 3.05) is 31.6 Å². The number of rotatable bonds is 7. The van der Waals surface area contributed by atoms with Crippen molar-refractivity contribution in [1.82, 2.24) is 10.2 Å². The zero-order chi connectivity index (χ0) is 12.8. The van der Waals surface area contributed by atoms with Crippen LogP contribution in [0.1, 0.15) is 20.8 Å². The monoisotopic (exact) mass is 250 g/mol. The molecule has 0 heterocycles. The van der Waals surface area contributed by atoms with E-state index in [1.54, 1.807) is 11.8 Å². The van der Waals surface area contributed by atoms with E-state index in [1.165, 1.54) is 6.26 Å². The summed E-state index contributed by atoms with van der Waals surface area (Å²) in [5.41, 5.74) is 0. The molecule has 0 aromatic carbocycles. The van der Waals surface area contributed by atoms with Gasteiger partial charge < -0.3 is 10.2 Å². The fraction of sp³-hybridized carbons (Fsp3) is 0.900. The van der Waals surface area contributed by atoms with E-state index in [4.69, 9.17) is 0 Å². The summed E-state index contributed by atoms with van der Waals surface area (Å²) in [6, 6.07) is -0.332. The quantitative estimate of drug-likeness (QED) is 0.684. The molecule has 0 aromatic heterocycles. The number of carbonyl (C=O) groups excluding carboxylic acids is 1. The van der Waals surface area contributed by atoms with Gasteiger partial charge in [0.1, 0.15) is 9.84 Å². The van der Waals surface area contributed by atoms with Crippen LogP contribution in [0.3, 0.4) is 0 Å². The van der Waals surface area contributed by atoms with Gasteiger partial charge in [-0.3, -0.25) is 4.79 Å². The van der Waals surface area contributed by atoms with Gasteiger partial charge in [-0.05, 0) is 20.8 Å². The van der Waals surface area contributed by atoms with Crippen molar-refractivity contribution in [1.29, 1.82) is 0 Å². The summed E-state index contributed by atoms with van der Waals surface area (Å²) in [6.45, 7) is 7.26. The van der Waals surface area contributed by atoms with Crippen LogP contribution in [-0.2, 0) is 14.6 Å². The maximum absolute atomic E-state index is 11.8. The normalized spacial score (nSPS) is 13.5. The van der Waals surface area contributed by atoms with Crippen LogP contribution in [0.15, 0.2) is 0 Å². The number of likely N-dealkylation sites (N-methyl/N-ethyl adjacent to an activating group) is 1. The average Bonchev–Trinajstić information content (AvgIpc) is 2.17. The third-order valence-electron chi connectivity index (χ3n) is 2.37. The predicted octanol–water partition coefficient (Wildman–Crippen LogP) is -0.122. The molecule has 1 N–H and O–H groups in total. The fourth-order valence-electron chi connectivity index (χ4n) is 1.36.